The maximum absolute atomic E-state index is 11.3. The second-order valence-corrected chi connectivity index (χ2v) is 8.09. The summed E-state index contributed by atoms with van der Waals surface area (Å²) in [6.07, 6.45) is 7.17. The van der Waals surface area contributed by atoms with Crippen LogP contribution in [0.1, 0.15) is 25.7 Å². The van der Waals surface area contributed by atoms with Gasteiger partial charge in [-0.1, -0.05) is 54.4 Å². The van der Waals surface area contributed by atoms with Gasteiger partial charge in [0.15, 0.2) is 0 Å². The number of esters is 1. The van der Waals surface area contributed by atoms with Crippen LogP contribution in [0.5, 0.6) is 0 Å². The number of hydrogen-bond acceptors (Lipinski definition) is 5. The van der Waals surface area contributed by atoms with Crippen molar-refractivity contribution in [2.24, 2.45) is 4.99 Å². The molecule has 5 nitrogen and oxygen atoms in total. The molecule has 32 heavy (non-hydrogen) atoms. The maximum Gasteiger partial charge on any atom is 0.305 e. The normalized spacial score (nSPS) is 16.0. The molecule has 0 amide bonds. The van der Waals surface area contributed by atoms with Crippen LogP contribution in [-0.4, -0.2) is 43.8 Å². The Kier molecular flexibility index (Phi) is 9.54. The van der Waals surface area contributed by atoms with Crippen molar-refractivity contribution in [3.8, 4) is 0 Å². The Labute approximate surface area is 195 Å². The minimum atomic E-state index is -0.144. The van der Waals surface area contributed by atoms with Gasteiger partial charge in [0.1, 0.15) is 0 Å². The molecule has 1 heterocycles. The molecule has 6 heteroatoms. The summed E-state index contributed by atoms with van der Waals surface area (Å²) in [7, 11) is 1.43. The summed E-state index contributed by atoms with van der Waals surface area (Å²) in [6.45, 7) is 2.43. The number of halogens is 1. The third-order valence-corrected chi connectivity index (χ3v) is 5.73. The minimum absolute atomic E-state index is 0.144. The molecule has 0 saturated heterocycles. The molecule has 168 valence electrons. The Bertz CT molecular complexity index is 956. The molecule has 2 aromatic carbocycles. The quantitative estimate of drug-likeness (QED) is 0.276. The van der Waals surface area contributed by atoms with Crippen LogP contribution in [0.2, 0.25) is 0 Å². The molecule has 1 aliphatic heterocycles. The number of nitrogens with zero attached hydrogens (tertiary/aromatic N) is 2. The van der Waals surface area contributed by atoms with E-state index in [1.807, 2.05) is 73.1 Å². The number of aliphatic imine (C=N–C) groups is 1. The van der Waals surface area contributed by atoms with E-state index in [-0.39, 0.29) is 5.97 Å². The van der Waals surface area contributed by atoms with Crippen molar-refractivity contribution >= 4 is 35.2 Å². The van der Waals surface area contributed by atoms with Crippen molar-refractivity contribution in [2.45, 2.75) is 25.7 Å². The predicted molar refractivity (Wildman–Crippen MR) is 133 cm³/mol. The van der Waals surface area contributed by atoms with Crippen LogP contribution in [0.25, 0.3) is 0 Å². The summed E-state index contributed by atoms with van der Waals surface area (Å²) >= 11 is 6.78. The van der Waals surface area contributed by atoms with Crippen LogP contribution >= 0.6 is 11.6 Å². The molecule has 0 aromatic heterocycles. The number of nitrogens with one attached hydrogen (secondary N) is 1. The van der Waals surface area contributed by atoms with Gasteiger partial charge in [-0.15, -0.1) is 0 Å². The van der Waals surface area contributed by atoms with Crippen LogP contribution in [-0.2, 0) is 9.53 Å². The molecule has 0 fully saturated rings. The number of carbonyl (C=O) groups excluding carboxylic acids is 1. The zero-order valence-corrected chi connectivity index (χ0v) is 19.2. The first-order valence-electron chi connectivity index (χ1n) is 10.9. The highest BCUT2D eigenvalue weighted by Gasteiger charge is 2.21. The average molecular weight is 452 g/mol. The number of benzene rings is 2. The van der Waals surface area contributed by atoms with Crippen molar-refractivity contribution in [3.05, 3.63) is 83.0 Å². The fourth-order valence-electron chi connectivity index (χ4n) is 3.50. The monoisotopic (exact) mass is 451 g/mol. The zero-order valence-electron chi connectivity index (χ0n) is 18.5. The van der Waals surface area contributed by atoms with E-state index in [1.165, 1.54) is 7.11 Å². The van der Waals surface area contributed by atoms with Gasteiger partial charge in [0.25, 0.3) is 0 Å². The van der Waals surface area contributed by atoms with Gasteiger partial charge in [0.05, 0.1) is 17.8 Å². The summed E-state index contributed by atoms with van der Waals surface area (Å²) in [5.41, 5.74) is 3.95. The molecule has 2 aromatic rings. The summed E-state index contributed by atoms with van der Waals surface area (Å²) in [6, 6.07) is 19.9. The lowest BCUT2D eigenvalue weighted by molar-refractivity contribution is -0.140. The Morgan fingerprint density at radius 3 is 2.50 bits per heavy atom. The summed E-state index contributed by atoms with van der Waals surface area (Å²) in [4.78, 5) is 18.3. The molecule has 0 radical (unpaired) electrons. The first-order valence-corrected chi connectivity index (χ1v) is 11.3. The fraction of sp³-hybridized carbons (Fsp3) is 0.308. The predicted octanol–water partition coefficient (Wildman–Crippen LogP) is 5.93. The second kappa shape index (κ2) is 12.8. The third kappa shape index (κ3) is 7.66. The van der Waals surface area contributed by atoms with Gasteiger partial charge in [-0.25, -0.2) is 0 Å². The Balaban J connectivity index is 1.68. The smallest absolute Gasteiger partial charge is 0.305 e. The van der Waals surface area contributed by atoms with Gasteiger partial charge in [0.2, 0.25) is 0 Å². The van der Waals surface area contributed by atoms with Gasteiger partial charge in [-0.05, 0) is 43.7 Å². The number of para-hydroxylation sites is 2. The van der Waals surface area contributed by atoms with E-state index in [0.29, 0.717) is 6.42 Å². The number of ether oxygens (including phenoxy) is 1. The maximum atomic E-state index is 11.3. The van der Waals surface area contributed by atoms with Gasteiger partial charge in [-0.2, -0.15) is 0 Å². The lowest BCUT2D eigenvalue weighted by atomic mass is 10.1. The van der Waals surface area contributed by atoms with E-state index in [4.69, 9.17) is 16.3 Å². The van der Waals surface area contributed by atoms with E-state index in [2.05, 4.69) is 15.2 Å². The van der Waals surface area contributed by atoms with E-state index in [9.17, 15) is 4.79 Å². The van der Waals surface area contributed by atoms with Gasteiger partial charge < -0.3 is 10.1 Å². The second-order valence-electron chi connectivity index (χ2n) is 7.71. The molecule has 0 aliphatic carbocycles. The van der Waals surface area contributed by atoms with Crippen molar-refractivity contribution in [3.63, 3.8) is 0 Å². The largest absolute Gasteiger partial charge is 0.469 e. The molecule has 3 rings (SSSR count). The first-order chi connectivity index (χ1) is 15.7. The lowest BCUT2D eigenvalue weighted by Gasteiger charge is -2.29. The minimum Gasteiger partial charge on any atom is -0.469 e. The Morgan fingerprint density at radius 1 is 1.06 bits per heavy atom. The molecule has 1 aliphatic rings. The van der Waals surface area contributed by atoms with Crippen LogP contribution in [0.4, 0.5) is 11.4 Å². The number of unbranched alkanes of at least 4 members (excludes halogenated alkanes) is 2. The Hall–Kier alpha value is -2.89. The number of anilines is 1. The number of rotatable bonds is 10. The van der Waals surface area contributed by atoms with E-state index in [1.54, 1.807) is 0 Å². The third-order valence-electron chi connectivity index (χ3n) is 5.25. The average Bonchev–Trinajstić information content (AvgIpc) is 2.84. The van der Waals surface area contributed by atoms with Gasteiger partial charge >= 0.3 is 5.97 Å². The van der Waals surface area contributed by atoms with E-state index < -0.39 is 0 Å². The highest BCUT2D eigenvalue weighted by Crippen LogP contribution is 2.27. The first kappa shape index (κ1) is 23.8. The number of hydrogen-bond donors (Lipinski definition) is 1. The Morgan fingerprint density at radius 2 is 1.78 bits per heavy atom. The molecular weight excluding hydrogens is 422 g/mol. The van der Waals surface area contributed by atoms with Crippen LogP contribution < -0.4 is 5.32 Å². The van der Waals surface area contributed by atoms with E-state index in [0.717, 1.165) is 66.5 Å². The fourth-order valence-corrected chi connectivity index (χ4v) is 3.73. The number of methoxy groups -OCH3 is 1. The summed E-state index contributed by atoms with van der Waals surface area (Å²) in [5, 5.41) is 4.10. The van der Waals surface area contributed by atoms with Crippen molar-refractivity contribution in [1.29, 1.82) is 0 Å². The van der Waals surface area contributed by atoms with E-state index >= 15 is 0 Å². The molecule has 0 atom stereocenters. The van der Waals surface area contributed by atoms with Crippen molar-refractivity contribution in [2.75, 3.05) is 32.1 Å². The van der Waals surface area contributed by atoms with Gasteiger partial charge in [-0.3, -0.25) is 14.7 Å². The molecule has 0 spiro atoms. The summed E-state index contributed by atoms with van der Waals surface area (Å²) in [5.74, 6) is -0.144. The summed E-state index contributed by atoms with van der Waals surface area (Å²) < 4.78 is 4.71. The highest BCUT2D eigenvalue weighted by atomic mass is 35.5. The topological polar surface area (TPSA) is 53.9 Å². The molecule has 0 saturated carbocycles. The van der Waals surface area contributed by atoms with Gasteiger partial charge in [0, 0.05) is 48.8 Å². The highest BCUT2D eigenvalue weighted by molar-refractivity contribution is 6.34. The molecule has 0 unspecified atom stereocenters. The van der Waals surface area contributed by atoms with Crippen molar-refractivity contribution in [1.82, 2.24) is 4.90 Å². The standard InChI is InChI=1S/C26H30ClN3O2/c1-32-25(31)15-9-4-10-16-30-19-21(17-28-23-11-5-2-6-12-23)26(27)22(20-30)18-29-24-13-7-3-8-14-24/h2-3,5-8,11-14,17-18,28H,4,9-10,15-16,19-20H2,1H3/b21-17+,29-18+. The van der Waals surface area contributed by atoms with Crippen molar-refractivity contribution < 1.29 is 9.53 Å². The number of carbonyl (C=O) groups is 1. The van der Waals surface area contributed by atoms with Crippen LogP contribution in [0.15, 0.2) is 88.0 Å². The zero-order chi connectivity index (χ0) is 22.6. The molecule has 0 bridgehead atoms. The van der Waals surface area contributed by atoms with Crippen LogP contribution in [0.3, 0.4) is 0 Å². The molecule has 1 N–H and O–H groups in total. The lowest BCUT2D eigenvalue weighted by Crippen LogP contribution is -2.34. The van der Waals surface area contributed by atoms with Crippen LogP contribution in [0, 0.1) is 0 Å². The SMILES string of the molecule is COC(=O)CCCCCN1CC(/C=N/c2ccccc2)=C(Cl)C(=C/Nc2ccccc2)/C1. The molecular formula is C26H30ClN3O2.